The maximum absolute atomic E-state index is 11.9. The van der Waals surface area contributed by atoms with E-state index in [9.17, 15) is 9.90 Å². The van der Waals surface area contributed by atoms with Gasteiger partial charge in [0.1, 0.15) is 11.5 Å². The lowest BCUT2D eigenvalue weighted by molar-refractivity contribution is 0.0951. The first-order chi connectivity index (χ1) is 10.1. The highest BCUT2D eigenvalue weighted by atomic mass is 35.5. The molecule has 0 saturated heterocycles. The molecule has 5 heteroatoms. The molecule has 21 heavy (non-hydrogen) atoms. The van der Waals surface area contributed by atoms with Gasteiger partial charge in [-0.2, -0.15) is 0 Å². The van der Waals surface area contributed by atoms with Crippen molar-refractivity contribution >= 4 is 17.5 Å². The lowest BCUT2D eigenvalue weighted by atomic mass is 10.1. The Kier molecular flexibility index (Phi) is 5.06. The molecule has 0 aliphatic rings. The summed E-state index contributed by atoms with van der Waals surface area (Å²) >= 11 is 5.73. The molecular weight excluding hydrogens is 290 g/mol. The number of aromatic hydroxyl groups is 1. The highest BCUT2D eigenvalue weighted by Crippen LogP contribution is 2.21. The Labute approximate surface area is 128 Å². The molecule has 0 heterocycles. The Morgan fingerprint density at radius 1 is 1.24 bits per heavy atom. The maximum Gasteiger partial charge on any atom is 0.255 e. The Morgan fingerprint density at radius 2 is 1.95 bits per heavy atom. The van der Waals surface area contributed by atoms with Crippen LogP contribution in [0.2, 0.25) is 5.02 Å². The summed E-state index contributed by atoms with van der Waals surface area (Å²) in [5.41, 5.74) is 1.31. The number of halogens is 1. The number of ether oxygens (including phenoxy) is 1. The van der Waals surface area contributed by atoms with Crippen LogP contribution < -0.4 is 10.1 Å². The predicted octanol–water partition coefficient (Wildman–Crippen LogP) is 3.03. The number of hydrogen-bond acceptors (Lipinski definition) is 3. The number of hydrogen-bond donors (Lipinski definition) is 2. The largest absolute Gasteiger partial charge is 0.507 e. The van der Waals surface area contributed by atoms with Crippen LogP contribution in [0.15, 0.2) is 42.5 Å². The zero-order valence-corrected chi connectivity index (χ0v) is 12.4. The molecule has 0 saturated carbocycles. The van der Waals surface area contributed by atoms with Crippen LogP contribution in [0.5, 0.6) is 11.5 Å². The van der Waals surface area contributed by atoms with Crippen LogP contribution in [0.25, 0.3) is 0 Å². The summed E-state index contributed by atoms with van der Waals surface area (Å²) < 4.78 is 5.08. The van der Waals surface area contributed by atoms with Crippen LogP contribution in [0.4, 0.5) is 0 Å². The highest BCUT2D eigenvalue weighted by Gasteiger charge is 2.10. The molecule has 0 spiro atoms. The van der Waals surface area contributed by atoms with E-state index in [4.69, 9.17) is 16.3 Å². The van der Waals surface area contributed by atoms with Gasteiger partial charge in [-0.1, -0.05) is 23.7 Å². The molecule has 0 aliphatic carbocycles. The molecule has 4 nitrogen and oxygen atoms in total. The van der Waals surface area contributed by atoms with Crippen molar-refractivity contribution in [1.82, 2.24) is 5.32 Å². The molecule has 2 aromatic carbocycles. The summed E-state index contributed by atoms with van der Waals surface area (Å²) in [6.07, 6.45) is 0.698. The van der Waals surface area contributed by atoms with Crippen molar-refractivity contribution in [2.45, 2.75) is 6.42 Å². The number of methoxy groups -OCH3 is 1. The Balaban J connectivity index is 1.88. The van der Waals surface area contributed by atoms with Crippen molar-refractivity contribution < 1.29 is 14.6 Å². The van der Waals surface area contributed by atoms with Gasteiger partial charge in [-0.15, -0.1) is 0 Å². The average molecular weight is 306 g/mol. The third-order valence-electron chi connectivity index (χ3n) is 3.06. The minimum Gasteiger partial charge on any atom is -0.507 e. The second-order valence-corrected chi connectivity index (χ2v) is 4.95. The maximum atomic E-state index is 11.9. The molecule has 110 valence electrons. The first kappa shape index (κ1) is 15.2. The minimum absolute atomic E-state index is 0.121. The number of phenolic OH excluding ortho intramolecular Hbond substituents is 1. The van der Waals surface area contributed by atoms with Crippen LogP contribution in [-0.2, 0) is 6.42 Å². The molecule has 2 aromatic rings. The van der Waals surface area contributed by atoms with Gasteiger partial charge in [0.25, 0.3) is 5.91 Å². The van der Waals surface area contributed by atoms with Crippen LogP contribution >= 0.6 is 11.6 Å². The lowest BCUT2D eigenvalue weighted by Gasteiger charge is -2.07. The topological polar surface area (TPSA) is 58.6 Å². The van der Waals surface area contributed by atoms with E-state index in [1.165, 1.54) is 12.1 Å². The van der Waals surface area contributed by atoms with E-state index in [0.29, 0.717) is 18.0 Å². The SMILES string of the molecule is COc1ccc(CCNC(=O)c2ccc(Cl)cc2O)cc1. The summed E-state index contributed by atoms with van der Waals surface area (Å²) in [5, 5.41) is 12.8. The van der Waals surface area contributed by atoms with Crippen LogP contribution in [0.3, 0.4) is 0 Å². The van der Waals surface area contributed by atoms with Gasteiger partial charge in [-0.05, 0) is 42.3 Å². The Morgan fingerprint density at radius 3 is 2.57 bits per heavy atom. The summed E-state index contributed by atoms with van der Waals surface area (Å²) in [7, 11) is 1.62. The van der Waals surface area contributed by atoms with E-state index in [1.807, 2.05) is 24.3 Å². The van der Waals surface area contributed by atoms with E-state index < -0.39 is 0 Å². The zero-order chi connectivity index (χ0) is 15.2. The summed E-state index contributed by atoms with van der Waals surface area (Å²) in [5.74, 6) is 0.357. The van der Waals surface area contributed by atoms with E-state index in [0.717, 1.165) is 11.3 Å². The minimum atomic E-state index is -0.322. The highest BCUT2D eigenvalue weighted by molar-refractivity contribution is 6.30. The number of phenols is 1. The third-order valence-corrected chi connectivity index (χ3v) is 3.30. The fraction of sp³-hybridized carbons (Fsp3) is 0.188. The monoisotopic (exact) mass is 305 g/mol. The quantitative estimate of drug-likeness (QED) is 0.892. The van der Waals surface area contributed by atoms with Crippen LogP contribution in [0, 0.1) is 0 Å². The van der Waals surface area contributed by atoms with Crippen molar-refractivity contribution in [3.05, 3.63) is 58.6 Å². The van der Waals surface area contributed by atoms with Crippen molar-refractivity contribution in [2.75, 3.05) is 13.7 Å². The van der Waals surface area contributed by atoms with Gasteiger partial charge < -0.3 is 15.2 Å². The standard InChI is InChI=1S/C16H16ClNO3/c1-21-13-5-2-11(3-6-13)8-9-18-16(20)14-7-4-12(17)10-15(14)19/h2-7,10,19H,8-9H2,1H3,(H,18,20). The number of carbonyl (C=O) groups is 1. The van der Waals surface area contributed by atoms with Gasteiger partial charge in [0.2, 0.25) is 0 Å². The van der Waals surface area contributed by atoms with Crippen molar-refractivity contribution in [3.63, 3.8) is 0 Å². The average Bonchev–Trinajstić information content (AvgIpc) is 2.47. The van der Waals surface area contributed by atoms with Gasteiger partial charge in [0, 0.05) is 11.6 Å². The molecule has 0 radical (unpaired) electrons. The van der Waals surface area contributed by atoms with E-state index in [1.54, 1.807) is 13.2 Å². The van der Waals surface area contributed by atoms with Crippen molar-refractivity contribution in [3.8, 4) is 11.5 Å². The number of amides is 1. The lowest BCUT2D eigenvalue weighted by Crippen LogP contribution is -2.25. The molecule has 0 aliphatic heterocycles. The predicted molar refractivity (Wildman–Crippen MR) is 82.1 cm³/mol. The smallest absolute Gasteiger partial charge is 0.255 e. The Hall–Kier alpha value is -2.20. The number of nitrogens with one attached hydrogen (secondary N) is 1. The fourth-order valence-electron chi connectivity index (χ4n) is 1.90. The second kappa shape index (κ2) is 6.99. The first-order valence-electron chi connectivity index (χ1n) is 6.50. The molecule has 2 N–H and O–H groups in total. The van der Waals surface area contributed by atoms with E-state index in [-0.39, 0.29) is 17.2 Å². The molecular formula is C16H16ClNO3. The Bertz CT molecular complexity index is 626. The van der Waals surface area contributed by atoms with E-state index in [2.05, 4.69) is 5.32 Å². The summed E-state index contributed by atoms with van der Waals surface area (Å²) in [6, 6.07) is 12.1. The second-order valence-electron chi connectivity index (χ2n) is 4.52. The molecule has 0 aromatic heterocycles. The number of carbonyl (C=O) groups excluding carboxylic acids is 1. The third kappa shape index (κ3) is 4.13. The van der Waals surface area contributed by atoms with Crippen LogP contribution in [-0.4, -0.2) is 24.7 Å². The molecule has 2 rings (SSSR count). The number of benzene rings is 2. The molecule has 1 amide bonds. The molecule has 0 atom stereocenters. The van der Waals surface area contributed by atoms with Gasteiger partial charge in [-0.3, -0.25) is 4.79 Å². The van der Waals surface area contributed by atoms with Crippen molar-refractivity contribution in [2.24, 2.45) is 0 Å². The van der Waals surface area contributed by atoms with E-state index >= 15 is 0 Å². The van der Waals surface area contributed by atoms with Gasteiger partial charge in [0.15, 0.2) is 0 Å². The fourth-order valence-corrected chi connectivity index (χ4v) is 2.07. The summed E-state index contributed by atoms with van der Waals surface area (Å²) in [4.78, 5) is 11.9. The number of rotatable bonds is 5. The molecule has 0 fully saturated rings. The van der Waals surface area contributed by atoms with Gasteiger partial charge >= 0.3 is 0 Å². The normalized spacial score (nSPS) is 10.2. The molecule has 0 bridgehead atoms. The van der Waals surface area contributed by atoms with Gasteiger partial charge in [0.05, 0.1) is 12.7 Å². The summed E-state index contributed by atoms with van der Waals surface area (Å²) in [6.45, 7) is 0.479. The van der Waals surface area contributed by atoms with Gasteiger partial charge in [-0.25, -0.2) is 0 Å². The van der Waals surface area contributed by atoms with Crippen molar-refractivity contribution in [1.29, 1.82) is 0 Å². The van der Waals surface area contributed by atoms with Crippen LogP contribution in [0.1, 0.15) is 15.9 Å². The zero-order valence-electron chi connectivity index (χ0n) is 11.6. The first-order valence-corrected chi connectivity index (χ1v) is 6.87. The molecule has 0 unspecified atom stereocenters.